The first kappa shape index (κ1) is 21.9. The number of nitrogens with zero attached hydrogens (tertiary/aromatic N) is 4. The Morgan fingerprint density at radius 2 is 1.90 bits per heavy atom. The number of benzene rings is 1. The average molecular weight is 532 g/mol. The van der Waals surface area contributed by atoms with Gasteiger partial charge in [0.15, 0.2) is 11.5 Å². The lowest BCUT2D eigenvalue weighted by molar-refractivity contribution is -0.141. The molecule has 0 saturated heterocycles. The summed E-state index contributed by atoms with van der Waals surface area (Å²) in [5.74, 6) is -0.790. The van der Waals surface area contributed by atoms with Gasteiger partial charge in [0.25, 0.3) is 5.91 Å². The molecule has 1 N–H and O–H groups in total. The number of nitrogens with one attached hydrogen (secondary N) is 1. The predicted octanol–water partition coefficient (Wildman–Crippen LogP) is 5.66. The minimum absolute atomic E-state index is 0.0980. The molecule has 0 atom stereocenters. The fourth-order valence-electron chi connectivity index (χ4n) is 2.48. The summed E-state index contributed by atoms with van der Waals surface area (Å²) in [6.45, 7) is 0.316. The van der Waals surface area contributed by atoms with Crippen LogP contribution in [0.5, 0.6) is 0 Å². The maximum absolute atomic E-state index is 12.9. The van der Waals surface area contributed by atoms with Crippen LogP contribution in [0.25, 0.3) is 0 Å². The van der Waals surface area contributed by atoms with Gasteiger partial charge < -0.3 is 5.32 Å². The summed E-state index contributed by atoms with van der Waals surface area (Å²) in [7, 11) is 1.19. The van der Waals surface area contributed by atoms with Crippen LogP contribution in [0.15, 0.2) is 28.9 Å². The number of carbonyl (C=O) groups is 1. The van der Waals surface area contributed by atoms with Crippen molar-refractivity contribution in [2.75, 3.05) is 5.32 Å². The maximum atomic E-state index is 12.9. The van der Waals surface area contributed by atoms with Crippen molar-refractivity contribution in [3.63, 3.8) is 0 Å². The molecule has 0 bridgehead atoms. The molecular weight excluding hydrogens is 521 g/mol. The monoisotopic (exact) mass is 529 g/mol. The summed E-state index contributed by atoms with van der Waals surface area (Å²) in [4.78, 5) is 12.5. The molecule has 0 radical (unpaired) electrons. The van der Waals surface area contributed by atoms with Crippen molar-refractivity contribution < 1.29 is 18.0 Å². The summed E-state index contributed by atoms with van der Waals surface area (Å²) in [5, 5.41) is 9.92. The Labute approximate surface area is 185 Å². The Bertz CT molecular complexity index is 1100. The van der Waals surface area contributed by atoms with Gasteiger partial charge in [0.1, 0.15) is 10.7 Å². The summed E-state index contributed by atoms with van der Waals surface area (Å²) < 4.78 is 41.5. The van der Waals surface area contributed by atoms with E-state index < -0.39 is 28.5 Å². The third kappa shape index (κ3) is 4.71. The number of anilines is 1. The summed E-state index contributed by atoms with van der Waals surface area (Å²) in [6.07, 6.45) is -3.19. The van der Waals surface area contributed by atoms with Crippen molar-refractivity contribution in [2.45, 2.75) is 12.7 Å². The molecule has 154 valence electrons. The lowest BCUT2D eigenvalue weighted by Gasteiger charge is -2.05. The first-order valence-corrected chi connectivity index (χ1v) is 9.68. The topological polar surface area (TPSA) is 64.7 Å². The second-order valence-corrected chi connectivity index (χ2v) is 7.91. The Kier molecular flexibility index (Phi) is 6.19. The fourth-order valence-corrected chi connectivity index (χ4v) is 3.57. The standard InChI is InChI=1S/C16H10BrCl3F3N5O/c1-27-12(11(20)13(25-27)16(21,22)23)15(29)24-14-8(17)6-28(26-14)5-7-2-3-9(18)10(19)4-7/h2-4,6H,5H2,1H3,(H,24,26,29). The third-order valence-corrected chi connectivity index (χ3v) is 5.43. The number of aryl methyl sites for hydroxylation is 1. The zero-order valence-electron chi connectivity index (χ0n) is 14.4. The molecule has 1 aromatic carbocycles. The molecule has 2 aromatic heterocycles. The lowest BCUT2D eigenvalue weighted by Crippen LogP contribution is -2.17. The largest absolute Gasteiger partial charge is 0.436 e. The number of carbonyl (C=O) groups excluding carboxylic acids is 1. The smallest absolute Gasteiger partial charge is 0.303 e. The van der Waals surface area contributed by atoms with Crippen molar-refractivity contribution in [2.24, 2.45) is 7.05 Å². The zero-order chi connectivity index (χ0) is 21.5. The zero-order valence-corrected chi connectivity index (χ0v) is 18.2. The highest BCUT2D eigenvalue weighted by Crippen LogP contribution is 2.35. The second-order valence-electron chi connectivity index (χ2n) is 5.86. The lowest BCUT2D eigenvalue weighted by atomic mass is 10.2. The molecule has 13 heteroatoms. The molecule has 3 rings (SSSR count). The van der Waals surface area contributed by atoms with Gasteiger partial charge in [0.05, 0.1) is 21.1 Å². The number of rotatable bonds is 4. The van der Waals surface area contributed by atoms with Gasteiger partial charge in [0, 0.05) is 13.2 Å². The number of hydrogen-bond acceptors (Lipinski definition) is 3. The van der Waals surface area contributed by atoms with Gasteiger partial charge in [-0.05, 0) is 33.6 Å². The van der Waals surface area contributed by atoms with E-state index in [0.717, 1.165) is 10.2 Å². The first-order valence-electron chi connectivity index (χ1n) is 7.75. The average Bonchev–Trinajstić information content (AvgIpc) is 3.09. The van der Waals surface area contributed by atoms with Crippen molar-refractivity contribution in [3.05, 3.63) is 60.9 Å². The first-order chi connectivity index (χ1) is 13.5. The molecule has 6 nitrogen and oxygen atoms in total. The van der Waals surface area contributed by atoms with Gasteiger partial charge in [-0.25, -0.2) is 0 Å². The Morgan fingerprint density at radius 3 is 2.48 bits per heavy atom. The van der Waals surface area contributed by atoms with Crippen molar-refractivity contribution in [1.29, 1.82) is 0 Å². The number of halogens is 7. The molecule has 0 aliphatic rings. The predicted molar refractivity (Wildman–Crippen MR) is 107 cm³/mol. The molecule has 0 fully saturated rings. The van der Waals surface area contributed by atoms with Gasteiger partial charge in [-0.3, -0.25) is 14.2 Å². The van der Waals surface area contributed by atoms with Gasteiger partial charge in [-0.1, -0.05) is 40.9 Å². The second kappa shape index (κ2) is 8.17. The SMILES string of the molecule is Cn1nc(C(F)(F)F)c(Cl)c1C(=O)Nc1nn(Cc2ccc(Cl)c(Cl)c2)cc1Br. The molecular formula is C16H10BrCl3F3N5O. The van der Waals surface area contributed by atoms with Crippen molar-refractivity contribution >= 4 is 62.5 Å². The molecule has 0 spiro atoms. The highest BCUT2D eigenvalue weighted by atomic mass is 79.9. The molecule has 0 saturated carbocycles. The summed E-state index contributed by atoms with van der Waals surface area (Å²) >= 11 is 20.9. The van der Waals surface area contributed by atoms with E-state index in [-0.39, 0.29) is 5.82 Å². The number of amides is 1. The maximum Gasteiger partial charge on any atom is 0.436 e. The minimum atomic E-state index is -4.78. The summed E-state index contributed by atoms with van der Waals surface area (Å²) in [5.41, 5.74) is -0.974. The molecule has 0 aliphatic carbocycles. The van der Waals surface area contributed by atoms with Crippen LogP contribution in [-0.4, -0.2) is 25.5 Å². The minimum Gasteiger partial charge on any atom is -0.303 e. The van der Waals surface area contributed by atoms with Gasteiger partial charge in [-0.2, -0.15) is 23.4 Å². The number of hydrogen-bond donors (Lipinski definition) is 1. The Hall–Kier alpha value is -1.75. The van der Waals surface area contributed by atoms with E-state index in [1.807, 2.05) is 0 Å². The van der Waals surface area contributed by atoms with Gasteiger partial charge in [-0.15, -0.1) is 0 Å². The highest BCUT2D eigenvalue weighted by molar-refractivity contribution is 9.10. The quantitative estimate of drug-likeness (QED) is 0.473. The van der Waals surface area contributed by atoms with E-state index in [2.05, 4.69) is 31.4 Å². The number of aromatic nitrogens is 4. The van der Waals surface area contributed by atoms with E-state index in [1.54, 1.807) is 24.4 Å². The number of alkyl halides is 3. The molecule has 3 aromatic rings. The Balaban J connectivity index is 1.82. The summed E-state index contributed by atoms with van der Waals surface area (Å²) in [6, 6.07) is 5.07. The molecule has 1 amide bonds. The molecule has 2 heterocycles. The highest BCUT2D eigenvalue weighted by Gasteiger charge is 2.39. The van der Waals surface area contributed by atoms with Crippen LogP contribution in [0.1, 0.15) is 21.7 Å². The van der Waals surface area contributed by atoms with Gasteiger partial charge >= 0.3 is 6.18 Å². The molecule has 29 heavy (non-hydrogen) atoms. The van der Waals surface area contributed by atoms with Crippen LogP contribution in [-0.2, 0) is 19.8 Å². The van der Waals surface area contributed by atoms with Gasteiger partial charge in [0.2, 0.25) is 0 Å². The molecule has 0 aliphatic heterocycles. The van der Waals surface area contributed by atoms with E-state index in [4.69, 9.17) is 34.8 Å². The molecule has 0 unspecified atom stereocenters. The normalized spacial score (nSPS) is 11.7. The van der Waals surface area contributed by atoms with Crippen LogP contribution >= 0.6 is 50.7 Å². The third-order valence-electron chi connectivity index (χ3n) is 3.75. The van der Waals surface area contributed by atoms with Crippen LogP contribution in [0, 0.1) is 0 Å². The van der Waals surface area contributed by atoms with Crippen LogP contribution < -0.4 is 5.32 Å². The fraction of sp³-hybridized carbons (Fsp3) is 0.188. The van der Waals surface area contributed by atoms with Crippen LogP contribution in [0.4, 0.5) is 19.0 Å². The van der Waals surface area contributed by atoms with Crippen molar-refractivity contribution in [1.82, 2.24) is 19.6 Å². The van der Waals surface area contributed by atoms with E-state index >= 15 is 0 Å². The van der Waals surface area contributed by atoms with E-state index in [0.29, 0.717) is 21.1 Å². The van der Waals surface area contributed by atoms with Crippen LogP contribution in [0.2, 0.25) is 15.1 Å². The van der Waals surface area contributed by atoms with E-state index in [9.17, 15) is 18.0 Å². The van der Waals surface area contributed by atoms with Crippen molar-refractivity contribution in [3.8, 4) is 0 Å². The van der Waals surface area contributed by atoms with E-state index in [1.165, 1.54) is 11.7 Å². The Morgan fingerprint density at radius 1 is 1.21 bits per heavy atom. The van der Waals surface area contributed by atoms with Crippen LogP contribution in [0.3, 0.4) is 0 Å².